The lowest BCUT2D eigenvalue weighted by Crippen LogP contribution is -2.32. The van der Waals surface area contributed by atoms with E-state index in [0.717, 1.165) is 30.9 Å². The van der Waals surface area contributed by atoms with Crippen LogP contribution in [0.15, 0.2) is 0 Å². The molecule has 1 fully saturated rings. The van der Waals surface area contributed by atoms with Gasteiger partial charge in [-0.05, 0) is 19.3 Å². The molecule has 5 heteroatoms. The molecule has 5 nitrogen and oxygen atoms in total. The molecule has 1 saturated heterocycles. The van der Waals surface area contributed by atoms with Gasteiger partial charge in [0.05, 0.1) is 7.11 Å². The summed E-state index contributed by atoms with van der Waals surface area (Å²) in [6, 6.07) is 0. The second-order valence-corrected chi connectivity index (χ2v) is 3.18. The molecular weight excluding hydrogens is 186 g/mol. The molecule has 0 aliphatic carbocycles. The van der Waals surface area contributed by atoms with Gasteiger partial charge >= 0.3 is 0 Å². The Bertz CT molecular complexity index is 180. The van der Waals surface area contributed by atoms with Gasteiger partial charge in [0, 0.05) is 13.7 Å². The summed E-state index contributed by atoms with van der Waals surface area (Å²) in [4.78, 5) is 16.0. The van der Waals surface area contributed by atoms with Gasteiger partial charge in [-0.15, -0.1) is 0 Å². The first-order valence-electron chi connectivity index (χ1n) is 4.78. The number of hydrogen-bond acceptors (Lipinski definition) is 4. The Morgan fingerprint density at radius 2 is 2.36 bits per heavy atom. The van der Waals surface area contributed by atoms with Crippen molar-refractivity contribution in [3.8, 4) is 0 Å². The molecule has 1 aliphatic heterocycles. The Morgan fingerprint density at radius 1 is 1.57 bits per heavy atom. The quantitative estimate of drug-likeness (QED) is 0.626. The minimum absolute atomic E-state index is 0.00894. The first kappa shape index (κ1) is 11.4. The average Bonchev–Trinajstić information content (AvgIpc) is 2.26. The van der Waals surface area contributed by atoms with Gasteiger partial charge in [-0.3, -0.25) is 9.63 Å². The van der Waals surface area contributed by atoms with Crippen LogP contribution in [-0.2, 0) is 19.1 Å². The van der Waals surface area contributed by atoms with E-state index in [9.17, 15) is 4.79 Å². The number of carbonyl (C=O) groups excluding carboxylic acids is 1. The molecule has 0 spiro atoms. The number of rotatable bonds is 4. The number of ether oxygens (including phenoxy) is 2. The first-order valence-corrected chi connectivity index (χ1v) is 4.78. The monoisotopic (exact) mass is 203 g/mol. The van der Waals surface area contributed by atoms with Crippen LogP contribution < -0.4 is 0 Å². The molecule has 1 aliphatic rings. The van der Waals surface area contributed by atoms with Crippen LogP contribution >= 0.6 is 0 Å². The molecule has 1 atom stereocenters. The third kappa shape index (κ3) is 3.61. The third-order valence-corrected chi connectivity index (χ3v) is 2.16. The lowest BCUT2D eigenvalue weighted by atomic mass is 10.2. The smallest absolute Gasteiger partial charge is 0.271 e. The lowest BCUT2D eigenvalue weighted by molar-refractivity contribution is -0.194. The Morgan fingerprint density at radius 3 is 2.93 bits per heavy atom. The highest BCUT2D eigenvalue weighted by Crippen LogP contribution is 2.13. The van der Waals surface area contributed by atoms with Crippen LogP contribution in [-0.4, -0.2) is 44.6 Å². The lowest BCUT2D eigenvalue weighted by Gasteiger charge is -2.23. The van der Waals surface area contributed by atoms with Gasteiger partial charge in [0.25, 0.3) is 5.91 Å². The number of hydroxylamine groups is 2. The largest absolute Gasteiger partial charge is 0.353 e. The van der Waals surface area contributed by atoms with E-state index >= 15 is 0 Å². The van der Waals surface area contributed by atoms with Crippen molar-refractivity contribution in [2.75, 3.05) is 27.4 Å². The van der Waals surface area contributed by atoms with Crippen molar-refractivity contribution in [1.29, 1.82) is 0 Å². The maximum atomic E-state index is 11.2. The zero-order valence-electron chi connectivity index (χ0n) is 8.69. The fourth-order valence-corrected chi connectivity index (χ4v) is 1.20. The van der Waals surface area contributed by atoms with Crippen LogP contribution in [0.1, 0.15) is 19.3 Å². The second-order valence-electron chi connectivity index (χ2n) is 3.18. The molecule has 0 bridgehead atoms. The molecule has 0 radical (unpaired) electrons. The van der Waals surface area contributed by atoms with E-state index in [4.69, 9.17) is 14.3 Å². The van der Waals surface area contributed by atoms with Crippen molar-refractivity contribution < 1.29 is 19.1 Å². The highest BCUT2D eigenvalue weighted by molar-refractivity contribution is 5.76. The van der Waals surface area contributed by atoms with Crippen LogP contribution in [0.5, 0.6) is 0 Å². The molecule has 1 amide bonds. The average molecular weight is 203 g/mol. The number of nitrogens with zero attached hydrogens (tertiary/aromatic N) is 1. The summed E-state index contributed by atoms with van der Waals surface area (Å²) in [5.74, 6) is -0.207. The van der Waals surface area contributed by atoms with Gasteiger partial charge in [0.1, 0.15) is 6.61 Å². The van der Waals surface area contributed by atoms with E-state index in [1.165, 1.54) is 7.11 Å². The number of likely N-dealkylation sites (N-methyl/N-ethyl adjacent to an activating group) is 1. The van der Waals surface area contributed by atoms with Crippen molar-refractivity contribution in [2.45, 2.75) is 25.6 Å². The summed E-state index contributed by atoms with van der Waals surface area (Å²) in [6.45, 7) is 0.730. The Kier molecular flexibility index (Phi) is 4.86. The second kappa shape index (κ2) is 5.95. The summed E-state index contributed by atoms with van der Waals surface area (Å²) in [7, 11) is 2.99. The molecule has 1 unspecified atom stereocenters. The van der Waals surface area contributed by atoms with Gasteiger partial charge in [-0.1, -0.05) is 0 Å². The molecule has 1 rings (SSSR count). The van der Waals surface area contributed by atoms with E-state index in [1.807, 2.05) is 0 Å². The zero-order chi connectivity index (χ0) is 10.4. The van der Waals surface area contributed by atoms with E-state index in [1.54, 1.807) is 7.05 Å². The molecular formula is C9H17NO4. The van der Waals surface area contributed by atoms with Crippen molar-refractivity contribution in [2.24, 2.45) is 0 Å². The number of amides is 1. The molecule has 0 N–H and O–H groups in total. The predicted octanol–water partition coefficient (Wildman–Crippen LogP) is 0.549. The van der Waals surface area contributed by atoms with Crippen LogP contribution in [0.4, 0.5) is 0 Å². The third-order valence-electron chi connectivity index (χ3n) is 2.16. The fraction of sp³-hybridized carbons (Fsp3) is 0.889. The Hall–Kier alpha value is -0.650. The van der Waals surface area contributed by atoms with Crippen molar-refractivity contribution in [1.82, 2.24) is 5.06 Å². The van der Waals surface area contributed by atoms with E-state index in [2.05, 4.69) is 0 Å². The van der Waals surface area contributed by atoms with Crippen LogP contribution in [0.25, 0.3) is 0 Å². The summed E-state index contributed by atoms with van der Waals surface area (Å²) in [5, 5.41) is 1.14. The summed E-state index contributed by atoms with van der Waals surface area (Å²) < 4.78 is 10.6. The Labute approximate surface area is 83.9 Å². The van der Waals surface area contributed by atoms with Crippen molar-refractivity contribution >= 4 is 5.91 Å². The van der Waals surface area contributed by atoms with Gasteiger partial charge in [0.2, 0.25) is 0 Å². The highest BCUT2D eigenvalue weighted by atomic mass is 16.7. The zero-order valence-corrected chi connectivity index (χ0v) is 8.69. The maximum Gasteiger partial charge on any atom is 0.271 e. The molecule has 1 heterocycles. The molecule has 0 saturated carbocycles. The van der Waals surface area contributed by atoms with Crippen molar-refractivity contribution in [3.63, 3.8) is 0 Å². The maximum absolute atomic E-state index is 11.2. The first-order chi connectivity index (χ1) is 6.74. The van der Waals surface area contributed by atoms with Gasteiger partial charge in [-0.25, -0.2) is 5.06 Å². The van der Waals surface area contributed by atoms with Crippen LogP contribution in [0.3, 0.4) is 0 Å². The van der Waals surface area contributed by atoms with E-state index < -0.39 is 0 Å². The highest BCUT2D eigenvalue weighted by Gasteiger charge is 2.16. The summed E-state index contributed by atoms with van der Waals surface area (Å²) >= 11 is 0. The SMILES string of the molecule is CON(C)C(=O)COC1CCCCO1. The fourth-order valence-electron chi connectivity index (χ4n) is 1.20. The molecule has 82 valence electrons. The Balaban J connectivity index is 2.15. The van der Waals surface area contributed by atoms with Crippen LogP contribution in [0.2, 0.25) is 0 Å². The summed E-state index contributed by atoms with van der Waals surface area (Å²) in [5.41, 5.74) is 0. The normalized spacial score (nSPS) is 22.0. The standard InChI is InChI=1S/C9H17NO4/c1-10(12-2)8(11)7-14-9-5-3-4-6-13-9/h9H,3-7H2,1-2H3. The minimum atomic E-state index is -0.224. The van der Waals surface area contributed by atoms with Gasteiger partial charge in [0.15, 0.2) is 6.29 Å². The van der Waals surface area contributed by atoms with E-state index in [0.29, 0.717) is 0 Å². The number of hydrogen-bond donors (Lipinski definition) is 0. The number of carbonyl (C=O) groups is 1. The molecule has 0 aromatic carbocycles. The van der Waals surface area contributed by atoms with Crippen LogP contribution in [0, 0.1) is 0 Å². The topological polar surface area (TPSA) is 48.0 Å². The summed E-state index contributed by atoms with van der Waals surface area (Å²) in [6.07, 6.45) is 2.81. The van der Waals surface area contributed by atoms with Gasteiger partial charge in [-0.2, -0.15) is 0 Å². The van der Waals surface area contributed by atoms with E-state index in [-0.39, 0.29) is 18.8 Å². The minimum Gasteiger partial charge on any atom is -0.353 e. The molecule has 0 aromatic heterocycles. The van der Waals surface area contributed by atoms with Crippen molar-refractivity contribution in [3.05, 3.63) is 0 Å². The molecule has 14 heavy (non-hydrogen) atoms. The predicted molar refractivity (Wildman–Crippen MR) is 49.3 cm³/mol. The molecule has 0 aromatic rings. The van der Waals surface area contributed by atoms with Gasteiger partial charge < -0.3 is 9.47 Å².